The van der Waals surface area contributed by atoms with Crippen LogP contribution in [-0.2, 0) is 4.74 Å². The van der Waals surface area contributed by atoms with Gasteiger partial charge in [0.2, 0.25) is 0 Å². The highest BCUT2D eigenvalue weighted by molar-refractivity contribution is 7.18. The van der Waals surface area contributed by atoms with Crippen LogP contribution in [0.5, 0.6) is 0 Å². The summed E-state index contributed by atoms with van der Waals surface area (Å²) in [6, 6.07) is 7.22. The molecule has 7 heteroatoms. The molecule has 0 radical (unpaired) electrons. The molecular formula is C16H12ClN3O2S. The van der Waals surface area contributed by atoms with Gasteiger partial charge in [0.05, 0.1) is 28.4 Å². The molecule has 0 amide bonds. The van der Waals surface area contributed by atoms with Gasteiger partial charge in [-0.05, 0) is 31.2 Å². The van der Waals surface area contributed by atoms with Gasteiger partial charge in [-0.1, -0.05) is 11.6 Å². The van der Waals surface area contributed by atoms with Crippen molar-refractivity contribution in [2.45, 2.75) is 6.92 Å². The Bertz CT molecular complexity index is 865. The van der Waals surface area contributed by atoms with Crippen LogP contribution in [0.1, 0.15) is 16.2 Å². The van der Waals surface area contributed by atoms with Gasteiger partial charge in [0, 0.05) is 18.0 Å². The number of ether oxygens (including phenoxy) is 1. The summed E-state index contributed by atoms with van der Waals surface area (Å²) in [5.74, 6) is -0.563. The summed E-state index contributed by atoms with van der Waals surface area (Å²) in [7, 11) is 1.30. The molecule has 5 nitrogen and oxygen atoms in total. The van der Waals surface area contributed by atoms with E-state index in [1.165, 1.54) is 18.4 Å². The molecular weight excluding hydrogens is 334 g/mol. The second-order valence-corrected chi connectivity index (χ2v) is 6.10. The molecule has 3 heterocycles. The molecule has 116 valence electrons. The van der Waals surface area contributed by atoms with Gasteiger partial charge in [0.25, 0.3) is 0 Å². The fourth-order valence-corrected chi connectivity index (χ4v) is 3.26. The number of pyridine rings is 2. The van der Waals surface area contributed by atoms with Gasteiger partial charge in [-0.3, -0.25) is 4.98 Å². The van der Waals surface area contributed by atoms with Gasteiger partial charge in [0.1, 0.15) is 5.01 Å². The van der Waals surface area contributed by atoms with Crippen molar-refractivity contribution in [2.75, 3.05) is 7.11 Å². The van der Waals surface area contributed by atoms with Gasteiger partial charge in [-0.15, -0.1) is 11.3 Å². The third kappa shape index (κ3) is 3.09. The number of thiazole rings is 1. The first-order valence-electron chi connectivity index (χ1n) is 6.73. The first-order valence-corrected chi connectivity index (χ1v) is 7.92. The zero-order valence-electron chi connectivity index (χ0n) is 12.4. The van der Waals surface area contributed by atoms with E-state index in [-0.39, 0.29) is 10.7 Å². The number of hydrogen-bond donors (Lipinski definition) is 0. The van der Waals surface area contributed by atoms with E-state index in [0.29, 0.717) is 5.69 Å². The van der Waals surface area contributed by atoms with E-state index in [2.05, 4.69) is 15.0 Å². The van der Waals surface area contributed by atoms with Crippen LogP contribution < -0.4 is 0 Å². The van der Waals surface area contributed by atoms with E-state index in [9.17, 15) is 4.79 Å². The zero-order valence-corrected chi connectivity index (χ0v) is 14.0. The Morgan fingerprint density at radius 3 is 2.78 bits per heavy atom. The van der Waals surface area contributed by atoms with E-state index in [0.717, 1.165) is 21.1 Å². The summed E-state index contributed by atoms with van der Waals surface area (Å²) >= 11 is 7.51. The minimum atomic E-state index is -0.563. The molecule has 0 aliphatic heterocycles. The molecule has 0 saturated carbocycles. The van der Waals surface area contributed by atoms with E-state index in [1.807, 2.05) is 19.1 Å². The van der Waals surface area contributed by atoms with E-state index in [1.54, 1.807) is 24.5 Å². The summed E-state index contributed by atoms with van der Waals surface area (Å²) < 4.78 is 4.71. The van der Waals surface area contributed by atoms with Crippen LogP contribution in [-0.4, -0.2) is 28.0 Å². The average molecular weight is 346 g/mol. The van der Waals surface area contributed by atoms with Crippen molar-refractivity contribution < 1.29 is 9.53 Å². The van der Waals surface area contributed by atoms with Crippen LogP contribution in [0.15, 0.2) is 36.7 Å². The third-order valence-corrected chi connectivity index (χ3v) is 4.70. The lowest BCUT2D eigenvalue weighted by molar-refractivity contribution is 0.0594. The lowest BCUT2D eigenvalue weighted by atomic mass is 10.2. The lowest BCUT2D eigenvalue weighted by Crippen LogP contribution is -2.05. The number of rotatable bonds is 3. The molecule has 0 atom stereocenters. The Labute approximate surface area is 142 Å². The van der Waals surface area contributed by atoms with Crippen molar-refractivity contribution in [3.8, 4) is 21.1 Å². The highest BCUT2D eigenvalue weighted by atomic mass is 35.5. The van der Waals surface area contributed by atoms with Crippen molar-refractivity contribution in [3.05, 3.63) is 53.1 Å². The average Bonchev–Trinajstić information content (AvgIpc) is 2.97. The molecule has 0 aliphatic carbocycles. The van der Waals surface area contributed by atoms with Gasteiger partial charge >= 0.3 is 5.97 Å². The highest BCUT2D eigenvalue weighted by Crippen LogP contribution is 2.34. The SMILES string of the molecule is COC(=O)c1nc(-c2sc(-c3cccnc3)nc2C)ccc1Cl. The van der Waals surface area contributed by atoms with Crippen molar-refractivity contribution >= 4 is 28.9 Å². The normalized spacial score (nSPS) is 10.6. The number of carbonyl (C=O) groups is 1. The third-order valence-electron chi connectivity index (χ3n) is 3.16. The molecule has 3 aromatic heterocycles. The van der Waals surface area contributed by atoms with Crippen molar-refractivity contribution in [2.24, 2.45) is 0 Å². The molecule has 0 unspecified atom stereocenters. The molecule has 0 aliphatic rings. The number of aromatic nitrogens is 3. The van der Waals surface area contributed by atoms with Crippen LogP contribution >= 0.6 is 22.9 Å². The molecule has 0 N–H and O–H groups in total. The topological polar surface area (TPSA) is 65.0 Å². The van der Waals surface area contributed by atoms with Crippen LogP contribution in [0.25, 0.3) is 21.1 Å². The Kier molecular flexibility index (Phi) is 4.36. The van der Waals surface area contributed by atoms with Crippen molar-refractivity contribution in [3.63, 3.8) is 0 Å². The predicted octanol–water partition coefficient (Wildman–Crippen LogP) is 4.02. The summed E-state index contributed by atoms with van der Waals surface area (Å²) in [4.78, 5) is 25.6. The van der Waals surface area contributed by atoms with E-state index < -0.39 is 5.97 Å². The second kappa shape index (κ2) is 6.44. The largest absolute Gasteiger partial charge is 0.464 e. The van der Waals surface area contributed by atoms with Crippen LogP contribution in [0.2, 0.25) is 5.02 Å². The number of methoxy groups -OCH3 is 1. The zero-order chi connectivity index (χ0) is 16.4. The molecule has 3 aromatic rings. The van der Waals surface area contributed by atoms with Crippen LogP contribution in [0, 0.1) is 6.92 Å². The fraction of sp³-hybridized carbons (Fsp3) is 0.125. The molecule has 0 spiro atoms. The summed E-state index contributed by atoms with van der Waals surface area (Å²) in [6.07, 6.45) is 3.48. The maximum Gasteiger partial charge on any atom is 0.358 e. The molecule has 0 fully saturated rings. The van der Waals surface area contributed by atoms with Crippen molar-refractivity contribution in [1.82, 2.24) is 15.0 Å². The Morgan fingerprint density at radius 1 is 1.26 bits per heavy atom. The van der Waals surface area contributed by atoms with Crippen molar-refractivity contribution in [1.29, 1.82) is 0 Å². The minimum Gasteiger partial charge on any atom is -0.464 e. The van der Waals surface area contributed by atoms with Gasteiger partial charge in [-0.25, -0.2) is 14.8 Å². The highest BCUT2D eigenvalue weighted by Gasteiger charge is 2.17. The van der Waals surface area contributed by atoms with Gasteiger partial charge < -0.3 is 4.74 Å². The van der Waals surface area contributed by atoms with E-state index >= 15 is 0 Å². The first-order chi connectivity index (χ1) is 11.1. The fourth-order valence-electron chi connectivity index (χ4n) is 2.06. The maximum absolute atomic E-state index is 11.7. The summed E-state index contributed by atoms with van der Waals surface area (Å²) in [6.45, 7) is 1.90. The quantitative estimate of drug-likeness (QED) is 0.671. The van der Waals surface area contributed by atoms with Crippen LogP contribution in [0.3, 0.4) is 0 Å². The molecule has 0 saturated heterocycles. The minimum absolute atomic E-state index is 0.0994. The Balaban J connectivity index is 2.06. The second-order valence-electron chi connectivity index (χ2n) is 4.69. The molecule has 0 aromatic carbocycles. The lowest BCUT2D eigenvalue weighted by Gasteiger charge is -2.04. The maximum atomic E-state index is 11.7. The van der Waals surface area contributed by atoms with Crippen LogP contribution in [0.4, 0.5) is 0 Å². The Hall–Kier alpha value is -2.31. The number of aryl methyl sites for hydroxylation is 1. The molecule has 23 heavy (non-hydrogen) atoms. The van der Waals surface area contributed by atoms with Gasteiger partial charge in [0.15, 0.2) is 5.69 Å². The monoisotopic (exact) mass is 345 g/mol. The predicted molar refractivity (Wildman–Crippen MR) is 89.7 cm³/mol. The Morgan fingerprint density at radius 2 is 2.09 bits per heavy atom. The number of halogens is 1. The molecule has 0 bridgehead atoms. The standard InChI is InChI=1S/C16H12ClN3O2S/c1-9-14(23-15(19-9)10-4-3-7-18-8-10)12-6-5-11(17)13(20-12)16(21)22-2/h3-8H,1-2H3. The van der Waals surface area contributed by atoms with Gasteiger partial charge in [-0.2, -0.15) is 0 Å². The summed E-state index contributed by atoms with van der Waals surface area (Å²) in [5.41, 5.74) is 2.51. The summed E-state index contributed by atoms with van der Waals surface area (Å²) in [5, 5.41) is 1.11. The van der Waals surface area contributed by atoms with E-state index in [4.69, 9.17) is 16.3 Å². The number of hydrogen-bond acceptors (Lipinski definition) is 6. The first kappa shape index (κ1) is 15.6. The number of esters is 1. The molecule has 3 rings (SSSR count). The smallest absolute Gasteiger partial charge is 0.358 e. The number of carbonyl (C=O) groups excluding carboxylic acids is 1. The number of nitrogens with zero attached hydrogens (tertiary/aromatic N) is 3.